The molecule has 24 heavy (non-hydrogen) atoms. The van der Waals surface area contributed by atoms with Gasteiger partial charge in [0, 0.05) is 17.4 Å². The quantitative estimate of drug-likeness (QED) is 0.843. The predicted octanol–water partition coefficient (Wildman–Crippen LogP) is 4.61. The molecule has 128 valence electrons. The number of anilines is 1. The Kier molecular flexibility index (Phi) is 5.96. The van der Waals surface area contributed by atoms with Gasteiger partial charge in [0.2, 0.25) is 0 Å². The molecule has 0 unspecified atom stereocenters. The van der Waals surface area contributed by atoms with E-state index in [2.05, 4.69) is 10.3 Å². The van der Waals surface area contributed by atoms with Crippen molar-refractivity contribution in [3.05, 3.63) is 52.3 Å². The molecule has 0 bridgehead atoms. The van der Waals surface area contributed by atoms with E-state index in [1.54, 1.807) is 0 Å². The first-order valence-electron chi connectivity index (χ1n) is 8.48. The number of rotatable bonds is 6. The maximum Gasteiger partial charge on any atom is 0.261 e. The monoisotopic (exact) mass is 326 g/mol. The second-order valence-electron chi connectivity index (χ2n) is 5.98. The highest BCUT2D eigenvalue weighted by Crippen LogP contribution is 2.26. The van der Waals surface area contributed by atoms with Crippen molar-refractivity contribution in [2.45, 2.75) is 47.5 Å². The van der Waals surface area contributed by atoms with E-state index in [4.69, 9.17) is 4.74 Å². The molecule has 2 aromatic rings. The molecule has 1 amide bonds. The molecule has 0 fully saturated rings. The highest BCUT2D eigenvalue weighted by molar-refractivity contribution is 6.07. The van der Waals surface area contributed by atoms with Crippen LogP contribution < -0.4 is 10.1 Å². The van der Waals surface area contributed by atoms with Gasteiger partial charge in [-0.15, -0.1) is 0 Å². The third kappa shape index (κ3) is 3.94. The smallest absolute Gasteiger partial charge is 0.261 e. The van der Waals surface area contributed by atoms with Gasteiger partial charge in [-0.05, 0) is 50.8 Å². The average molecular weight is 326 g/mol. The Morgan fingerprint density at radius 2 is 1.96 bits per heavy atom. The molecule has 0 radical (unpaired) electrons. The third-order valence-corrected chi connectivity index (χ3v) is 4.12. The summed E-state index contributed by atoms with van der Waals surface area (Å²) in [5, 5.41) is 3.00. The van der Waals surface area contributed by atoms with Crippen molar-refractivity contribution in [1.82, 2.24) is 4.98 Å². The standard InChI is InChI=1S/C20H26N2O2/c1-6-11-24-18-12-16(7-2)21-15(5)19(18)20(23)22-17-10-8-9-13(3)14(17)4/h8-10,12H,6-7,11H2,1-5H3,(H,22,23). The number of aromatic nitrogens is 1. The zero-order valence-electron chi connectivity index (χ0n) is 15.2. The van der Waals surface area contributed by atoms with Crippen LogP contribution in [0.2, 0.25) is 0 Å². The molecule has 1 aromatic heterocycles. The molecule has 0 atom stereocenters. The molecule has 0 aliphatic heterocycles. The number of hydrogen-bond acceptors (Lipinski definition) is 3. The summed E-state index contributed by atoms with van der Waals surface area (Å²) in [6.07, 6.45) is 1.70. The number of pyridine rings is 1. The molecule has 0 spiro atoms. The minimum atomic E-state index is -0.178. The van der Waals surface area contributed by atoms with E-state index >= 15 is 0 Å². The van der Waals surface area contributed by atoms with Crippen molar-refractivity contribution >= 4 is 11.6 Å². The third-order valence-electron chi connectivity index (χ3n) is 4.12. The first kappa shape index (κ1) is 18.0. The summed E-state index contributed by atoms with van der Waals surface area (Å²) >= 11 is 0. The largest absolute Gasteiger partial charge is 0.493 e. The van der Waals surface area contributed by atoms with Gasteiger partial charge in [-0.1, -0.05) is 26.0 Å². The fraction of sp³-hybridized carbons (Fsp3) is 0.400. The van der Waals surface area contributed by atoms with Crippen molar-refractivity contribution in [1.29, 1.82) is 0 Å². The van der Waals surface area contributed by atoms with Crippen LogP contribution in [0.3, 0.4) is 0 Å². The average Bonchev–Trinajstić information content (AvgIpc) is 2.56. The van der Waals surface area contributed by atoms with Crippen molar-refractivity contribution in [2.24, 2.45) is 0 Å². The molecule has 0 aliphatic rings. The minimum absolute atomic E-state index is 0.178. The maximum atomic E-state index is 12.9. The Bertz CT molecular complexity index is 739. The van der Waals surface area contributed by atoms with Gasteiger partial charge in [-0.3, -0.25) is 9.78 Å². The lowest BCUT2D eigenvalue weighted by atomic mass is 10.1. The lowest BCUT2D eigenvalue weighted by Gasteiger charge is -2.16. The van der Waals surface area contributed by atoms with Gasteiger partial charge >= 0.3 is 0 Å². The van der Waals surface area contributed by atoms with E-state index in [1.165, 1.54) is 0 Å². The highest BCUT2D eigenvalue weighted by atomic mass is 16.5. The molecule has 0 saturated heterocycles. The number of nitrogens with one attached hydrogen (secondary N) is 1. The SMILES string of the molecule is CCCOc1cc(CC)nc(C)c1C(=O)Nc1cccc(C)c1C. The number of benzene rings is 1. The topological polar surface area (TPSA) is 51.2 Å². The van der Waals surface area contributed by atoms with Crippen LogP contribution in [-0.4, -0.2) is 17.5 Å². The van der Waals surface area contributed by atoms with E-state index in [1.807, 2.05) is 58.9 Å². The predicted molar refractivity (Wildman–Crippen MR) is 98.0 cm³/mol. The summed E-state index contributed by atoms with van der Waals surface area (Å²) in [6, 6.07) is 7.76. The number of aryl methyl sites for hydroxylation is 3. The van der Waals surface area contributed by atoms with E-state index < -0.39 is 0 Å². The summed E-state index contributed by atoms with van der Waals surface area (Å²) in [7, 11) is 0. The summed E-state index contributed by atoms with van der Waals surface area (Å²) in [5.41, 5.74) is 5.18. The molecule has 4 nitrogen and oxygen atoms in total. The molecule has 1 aromatic carbocycles. The van der Waals surface area contributed by atoms with Gasteiger partial charge in [0.15, 0.2) is 0 Å². The van der Waals surface area contributed by atoms with Crippen LogP contribution in [0.5, 0.6) is 5.75 Å². The van der Waals surface area contributed by atoms with Crippen LogP contribution in [0.25, 0.3) is 0 Å². The normalized spacial score (nSPS) is 10.5. The first-order chi connectivity index (χ1) is 11.5. The second-order valence-corrected chi connectivity index (χ2v) is 5.98. The first-order valence-corrected chi connectivity index (χ1v) is 8.48. The highest BCUT2D eigenvalue weighted by Gasteiger charge is 2.19. The van der Waals surface area contributed by atoms with Gasteiger partial charge in [-0.2, -0.15) is 0 Å². The molecular formula is C20H26N2O2. The lowest BCUT2D eigenvalue weighted by Crippen LogP contribution is -2.17. The van der Waals surface area contributed by atoms with Gasteiger partial charge in [0.05, 0.1) is 12.3 Å². The van der Waals surface area contributed by atoms with Crippen molar-refractivity contribution < 1.29 is 9.53 Å². The van der Waals surface area contributed by atoms with Crippen LogP contribution in [0, 0.1) is 20.8 Å². The van der Waals surface area contributed by atoms with Crippen molar-refractivity contribution in [2.75, 3.05) is 11.9 Å². The Labute approximate surface area is 144 Å². The fourth-order valence-corrected chi connectivity index (χ4v) is 2.56. The Morgan fingerprint density at radius 3 is 2.62 bits per heavy atom. The van der Waals surface area contributed by atoms with Gasteiger partial charge in [0.25, 0.3) is 5.91 Å². The van der Waals surface area contributed by atoms with Crippen molar-refractivity contribution in [3.8, 4) is 5.75 Å². The number of hydrogen-bond donors (Lipinski definition) is 1. The summed E-state index contributed by atoms with van der Waals surface area (Å²) in [4.78, 5) is 17.4. The zero-order chi connectivity index (χ0) is 17.7. The summed E-state index contributed by atoms with van der Waals surface area (Å²) in [6.45, 7) is 10.6. The Morgan fingerprint density at radius 1 is 1.21 bits per heavy atom. The Balaban J connectivity index is 2.38. The molecule has 0 aliphatic carbocycles. The summed E-state index contributed by atoms with van der Waals surface area (Å²) in [5.74, 6) is 0.437. The van der Waals surface area contributed by atoms with E-state index in [9.17, 15) is 4.79 Å². The fourth-order valence-electron chi connectivity index (χ4n) is 2.56. The van der Waals surface area contributed by atoms with E-state index in [0.29, 0.717) is 23.6 Å². The number of amides is 1. The van der Waals surface area contributed by atoms with Gasteiger partial charge in [0.1, 0.15) is 11.3 Å². The molecular weight excluding hydrogens is 300 g/mol. The van der Waals surface area contributed by atoms with Crippen LogP contribution in [0.4, 0.5) is 5.69 Å². The van der Waals surface area contributed by atoms with Crippen LogP contribution in [0.15, 0.2) is 24.3 Å². The molecule has 1 N–H and O–H groups in total. The second kappa shape index (κ2) is 7.95. The number of nitrogens with zero attached hydrogens (tertiary/aromatic N) is 1. The number of ether oxygens (including phenoxy) is 1. The molecule has 4 heteroatoms. The number of carbonyl (C=O) groups is 1. The zero-order valence-corrected chi connectivity index (χ0v) is 15.2. The van der Waals surface area contributed by atoms with Gasteiger partial charge < -0.3 is 10.1 Å². The van der Waals surface area contributed by atoms with Crippen LogP contribution >= 0.6 is 0 Å². The Hall–Kier alpha value is -2.36. The summed E-state index contributed by atoms with van der Waals surface area (Å²) < 4.78 is 5.82. The molecule has 2 rings (SSSR count). The number of carbonyl (C=O) groups excluding carboxylic acids is 1. The lowest BCUT2D eigenvalue weighted by molar-refractivity contribution is 0.102. The van der Waals surface area contributed by atoms with Crippen molar-refractivity contribution in [3.63, 3.8) is 0 Å². The minimum Gasteiger partial charge on any atom is -0.493 e. The van der Waals surface area contributed by atoms with Gasteiger partial charge in [-0.25, -0.2) is 0 Å². The van der Waals surface area contributed by atoms with Crippen LogP contribution in [0.1, 0.15) is 53.1 Å². The van der Waals surface area contributed by atoms with E-state index in [-0.39, 0.29) is 5.91 Å². The molecule has 0 saturated carbocycles. The van der Waals surface area contributed by atoms with E-state index in [0.717, 1.165) is 35.3 Å². The maximum absolute atomic E-state index is 12.9. The van der Waals surface area contributed by atoms with Crippen LogP contribution in [-0.2, 0) is 6.42 Å². The molecule has 1 heterocycles.